The van der Waals surface area contributed by atoms with Crippen LogP contribution in [0.4, 0.5) is 0 Å². The number of H-pyrrole nitrogens is 1. The fourth-order valence-corrected chi connectivity index (χ4v) is 4.02. The fraction of sp³-hybridized carbons (Fsp3) is 0.500. The number of carbonyl (C=O) groups excluding carboxylic acids is 1. The number of hydrogen-bond donors (Lipinski definition) is 4. The number of carbonyl (C=O) groups is 1. The lowest BCUT2D eigenvalue weighted by Gasteiger charge is -2.47. The zero-order valence-corrected chi connectivity index (χ0v) is 14.0. The van der Waals surface area contributed by atoms with Gasteiger partial charge in [-0.1, -0.05) is 0 Å². The summed E-state index contributed by atoms with van der Waals surface area (Å²) < 4.78 is 5.70. The first kappa shape index (κ1) is 16.4. The molecule has 0 aliphatic carbocycles. The van der Waals surface area contributed by atoms with Crippen LogP contribution in [-0.2, 0) is 4.74 Å². The van der Waals surface area contributed by atoms with Crippen molar-refractivity contribution in [1.82, 2.24) is 15.2 Å². The third-order valence-electron chi connectivity index (χ3n) is 5.39. The summed E-state index contributed by atoms with van der Waals surface area (Å²) in [5.74, 6) is -0.0789. The second kappa shape index (κ2) is 6.33. The Morgan fingerprint density at radius 3 is 3.16 bits per heavy atom. The maximum atomic E-state index is 12.5. The largest absolute Gasteiger partial charge is 0.508 e. The molecule has 2 aliphatic heterocycles. The van der Waals surface area contributed by atoms with E-state index in [1.54, 1.807) is 24.3 Å². The number of aliphatic hydroxyl groups excluding tert-OH is 1. The van der Waals surface area contributed by atoms with Gasteiger partial charge in [-0.3, -0.25) is 9.69 Å². The van der Waals surface area contributed by atoms with Crippen LogP contribution in [-0.4, -0.2) is 70.5 Å². The highest BCUT2D eigenvalue weighted by Crippen LogP contribution is 2.31. The van der Waals surface area contributed by atoms with Crippen molar-refractivity contribution in [2.75, 3.05) is 32.9 Å². The van der Waals surface area contributed by atoms with Crippen LogP contribution in [0.1, 0.15) is 23.3 Å². The van der Waals surface area contributed by atoms with Crippen LogP contribution in [0.15, 0.2) is 24.3 Å². The molecular weight excluding hydrogens is 322 g/mol. The van der Waals surface area contributed by atoms with Gasteiger partial charge in [-0.15, -0.1) is 0 Å². The zero-order chi connectivity index (χ0) is 17.4. The van der Waals surface area contributed by atoms with Crippen LogP contribution in [0.25, 0.3) is 10.9 Å². The van der Waals surface area contributed by atoms with Crippen molar-refractivity contribution in [3.63, 3.8) is 0 Å². The average molecular weight is 345 g/mol. The molecule has 1 aromatic heterocycles. The molecular formula is C18H23N3O4. The maximum Gasteiger partial charge on any atom is 0.267 e. The standard InChI is InChI=1S/C18H23N3O4/c22-10-18(11-25-8-13-2-1-5-21(13)18)9-19-17(24)16-6-12-3-4-14(23)7-15(12)20-16/h3-4,6-7,13,20,22-23H,1-2,5,8-11H2,(H,19,24)/t13-,18+/m1/s1. The smallest absolute Gasteiger partial charge is 0.267 e. The molecule has 0 saturated carbocycles. The highest BCUT2D eigenvalue weighted by atomic mass is 16.5. The number of rotatable bonds is 4. The minimum absolute atomic E-state index is 0.0512. The molecule has 2 aromatic rings. The zero-order valence-electron chi connectivity index (χ0n) is 14.0. The number of nitrogens with one attached hydrogen (secondary N) is 2. The molecule has 134 valence electrons. The number of benzene rings is 1. The van der Waals surface area contributed by atoms with Crippen molar-refractivity contribution in [1.29, 1.82) is 0 Å². The molecule has 2 atom stereocenters. The molecule has 4 N–H and O–H groups in total. The molecule has 2 aliphatic rings. The number of ether oxygens (including phenoxy) is 1. The third-order valence-corrected chi connectivity index (χ3v) is 5.39. The molecule has 2 saturated heterocycles. The number of phenols is 1. The molecule has 0 spiro atoms. The van der Waals surface area contributed by atoms with Crippen molar-refractivity contribution in [3.05, 3.63) is 30.0 Å². The van der Waals surface area contributed by atoms with Gasteiger partial charge in [-0.05, 0) is 37.6 Å². The Labute approximate surface area is 145 Å². The number of hydrogen-bond acceptors (Lipinski definition) is 5. The van der Waals surface area contributed by atoms with E-state index in [-0.39, 0.29) is 18.3 Å². The number of phenolic OH excluding ortho intramolecular Hbond substituents is 1. The third kappa shape index (κ3) is 2.88. The summed E-state index contributed by atoms with van der Waals surface area (Å²) in [7, 11) is 0. The number of aromatic amines is 1. The second-order valence-corrected chi connectivity index (χ2v) is 7.02. The molecule has 4 rings (SSSR count). The minimum atomic E-state index is -0.556. The highest BCUT2D eigenvalue weighted by molar-refractivity contribution is 5.98. The van der Waals surface area contributed by atoms with Crippen molar-refractivity contribution in [3.8, 4) is 5.75 Å². The Kier molecular flexibility index (Phi) is 4.15. The predicted octanol–water partition coefficient (Wildman–Crippen LogP) is 0.829. The molecule has 7 heteroatoms. The van der Waals surface area contributed by atoms with Gasteiger partial charge in [-0.2, -0.15) is 0 Å². The van der Waals surface area contributed by atoms with Gasteiger partial charge >= 0.3 is 0 Å². The Morgan fingerprint density at radius 2 is 2.32 bits per heavy atom. The lowest BCUT2D eigenvalue weighted by molar-refractivity contribution is -0.106. The summed E-state index contributed by atoms with van der Waals surface area (Å²) in [6.45, 7) is 2.32. The number of fused-ring (bicyclic) bond motifs is 2. The second-order valence-electron chi connectivity index (χ2n) is 7.02. The van der Waals surface area contributed by atoms with E-state index in [0.717, 1.165) is 24.8 Å². The maximum absolute atomic E-state index is 12.5. The van der Waals surface area contributed by atoms with Gasteiger partial charge < -0.3 is 25.3 Å². The molecule has 2 fully saturated rings. The van der Waals surface area contributed by atoms with E-state index in [1.807, 2.05) is 0 Å². The Bertz CT molecular complexity index is 790. The SMILES string of the molecule is O=C(NC[C@]1(CO)COC[C@H]2CCCN21)c1cc2ccc(O)cc2[nH]1. The molecule has 3 heterocycles. The van der Waals surface area contributed by atoms with Gasteiger partial charge in [-0.25, -0.2) is 0 Å². The van der Waals surface area contributed by atoms with Crippen LogP contribution >= 0.6 is 0 Å². The molecule has 0 unspecified atom stereocenters. The first-order chi connectivity index (χ1) is 12.1. The van der Waals surface area contributed by atoms with E-state index in [4.69, 9.17) is 4.74 Å². The van der Waals surface area contributed by atoms with Crippen molar-refractivity contribution in [2.24, 2.45) is 0 Å². The van der Waals surface area contributed by atoms with Gasteiger partial charge in [0.2, 0.25) is 0 Å². The molecule has 25 heavy (non-hydrogen) atoms. The summed E-state index contributed by atoms with van der Waals surface area (Å²) in [6.07, 6.45) is 2.16. The molecule has 1 amide bonds. The van der Waals surface area contributed by atoms with Gasteiger partial charge in [0.1, 0.15) is 11.4 Å². The van der Waals surface area contributed by atoms with Crippen LogP contribution in [0.3, 0.4) is 0 Å². The fourth-order valence-electron chi connectivity index (χ4n) is 4.02. The van der Waals surface area contributed by atoms with Gasteiger partial charge in [0.05, 0.1) is 25.4 Å². The normalized spacial score (nSPS) is 26.7. The first-order valence-corrected chi connectivity index (χ1v) is 8.67. The van der Waals surface area contributed by atoms with Crippen LogP contribution in [0, 0.1) is 0 Å². The number of aliphatic hydroxyl groups is 1. The first-order valence-electron chi connectivity index (χ1n) is 8.67. The molecule has 7 nitrogen and oxygen atoms in total. The Balaban J connectivity index is 1.49. The topological polar surface area (TPSA) is 97.8 Å². The summed E-state index contributed by atoms with van der Waals surface area (Å²) in [5, 5.41) is 23.3. The Morgan fingerprint density at radius 1 is 1.44 bits per heavy atom. The van der Waals surface area contributed by atoms with E-state index in [0.29, 0.717) is 37.0 Å². The average Bonchev–Trinajstić information content (AvgIpc) is 3.26. The Hall–Kier alpha value is -2.09. The minimum Gasteiger partial charge on any atom is -0.508 e. The summed E-state index contributed by atoms with van der Waals surface area (Å²) in [5.41, 5.74) is 0.588. The molecule has 0 radical (unpaired) electrons. The van der Waals surface area contributed by atoms with Gasteiger partial charge in [0.15, 0.2) is 0 Å². The molecule has 0 bridgehead atoms. The lowest BCUT2D eigenvalue weighted by Crippen LogP contribution is -2.65. The van der Waals surface area contributed by atoms with Crippen LogP contribution < -0.4 is 5.32 Å². The van der Waals surface area contributed by atoms with Crippen LogP contribution in [0.5, 0.6) is 5.75 Å². The van der Waals surface area contributed by atoms with Gasteiger partial charge in [0.25, 0.3) is 5.91 Å². The summed E-state index contributed by atoms with van der Waals surface area (Å²) in [4.78, 5) is 17.9. The van der Waals surface area contributed by atoms with E-state index in [1.165, 1.54) is 0 Å². The van der Waals surface area contributed by atoms with Crippen molar-refractivity contribution < 1.29 is 19.7 Å². The number of nitrogens with zero attached hydrogens (tertiary/aromatic N) is 1. The van der Waals surface area contributed by atoms with E-state index in [2.05, 4.69) is 15.2 Å². The van der Waals surface area contributed by atoms with Crippen molar-refractivity contribution >= 4 is 16.8 Å². The quantitative estimate of drug-likeness (QED) is 0.658. The van der Waals surface area contributed by atoms with E-state index >= 15 is 0 Å². The van der Waals surface area contributed by atoms with E-state index in [9.17, 15) is 15.0 Å². The lowest BCUT2D eigenvalue weighted by atomic mass is 9.96. The number of aromatic nitrogens is 1. The van der Waals surface area contributed by atoms with Crippen molar-refractivity contribution in [2.45, 2.75) is 24.4 Å². The molecule has 1 aromatic carbocycles. The predicted molar refractivity (Wildman–Crippen MR) is 92.7 cm³/mol. The number of aromatic hydroxyl groups is 1. The number of morpholine rings is 1. The summed E-state index contributed by atoms with van der Waals surface area (Å²) in [6, 6.07) is 7.02. The van der Waals surface area contributed by atoms with Gasteiger partial charge in [0, 0.05) is 29.6 Å². The number of amides is 1. The van der Waals surface area contributed by atoms with E-state index < -0.39 is 5.54 Å². The van der Waals surface area contributed by atoms with Crippen LogP contribution in [0.2, 0.25) is 0 Å². The highest BCUT2D eigenvalue weighted by Gasteiger charge is 2.46. The summed E-state index contributed by atoms with van der Waals surface area (Å²) >= 11 is 0. The monoisotopic (exact) mass is 345 g/mol.